The zero-order valence-corrected chi connectivity index (χ0v) is 16.1. The maximum atomic E-state index is 13.1. The topological polar surface area (TPSA) is 69.8 Å². The third-order valence-corrected chi connectivity index (χ3v) is 5.19. The van der Waals surface area contributed by atoms with Crippen LogP contribution in [0.5, 0.6) is 0 Å². The third kappa shape index (κ3) is 3.28. The van der Waals surface area contributed by atoms with E-state index in [1.165, 1.54) is 0 Å². The first-order valence-electron chi connectivity index (χ1n) is 9.65. The van der Waals surface area contributed by atoms with E-state index < -0.39 is 0 Å². The number of hydrogen-bond donors (Lipinski definition) is 0. The minimum Gasteiger partial charge on any atom is -0.310 e. The van der Waals surface area contributed by atoms with Crippen molar-refractivity contribution >= 4 is 21.8 Å². The number of benzene rings is 1. The van der Waals surface area contributed by atoms with E-state index in [0.29, 0.717) is 34.9 Å². The molecule has 0 N–H and O–H groups in total. The summed E-state index contributed by atoms with van der Waals surface area (Å²) in [7, 11) is 0. The molecule has 4 heterocycles. The second kappa shape index (κ2) is 7.40. The Hall–Kier alpha value is -4.06. The molecule has 5 aromatic rings. The van der Waals surface area contributed by atoms with Crippen molar-refractivity contribution < 1.29 is 0 Å². The van der Waals surface area contributed by atoms with Gasteiger partial charge < -0.3 is 9.13 Å². The summed E-state index contributed by atoms with van der Waals surface area (Å²) < 4.78 is 3.26. The lowest BCUT2D eigenvalue weighted by Crippen LogP contribution is -2.23. The summed E-state index contributed by atoms with van der Waals surface area (Å²) in [5.74, 6) is 0. The first kappa shape index (κ1) is 18.0. The standard InChI is InChI=1S/C24H18N4O2/c29-23-19-14-20-22(9-13-28(24(20)30)16-18-6-10-25-11-7-18)26-21(19)8-12-27(23)15-17-4-2-1-3-5-17/h1-14H,15-16H2. The predicted molar refractivity (Wildman–Crippen MR) is 117 cm³/mol. The molecule has 6 nitrogen and oxygen atoms in total. The van der Waals surface area contributed by atoms with E-state index in [1.54, 1.807) is 40.0 Å². The van der Waals surface area contributed by atoms with Gasteiger partial charge in [0.2, 0.25) is 0 Å². The predicted octanol–water partition coefficient (Wildman–Crippen LogP) is 3.20. The molecule has 4 aromatic heterocycles. The number of fused-ring (bicyclic) bond motifs is 2. The summed E-state index contributed by atoms with van der Waals surface area (Å²) in [6.07, 6.45) is 6.89. The number of aromatic nitrogens is 4. The minimum atomic E-state index is -0.170. The van der Waals surface area contributed by atoms with Gasteiger partial charge in [-0.15, -0.1) is 0 Å². The summed E-state index contributed by atoms with van der Waals surface area (Å²) in [5, 5.41) is 0.883. The van der Waals surface area contributed by atoms with Gasteiger partial charge in [-0.3, -0.25) is 14.6 Å². The molecule has 0 aliphatic rings. The highest BCUT2D eigenvalue weighted by Gasteiger charge is 2.10. The SMILES string of the molecule is O=c1c2cc3c(=O)n(Cc4ccncc4)ccc3nc2ccn1Cc1ccccc1. The van der Waals surface area contributed by atoms with Gasteiger partial charge in [0.15, 0.2) is 0 Å². The van der Waals surface area contributed by atoms with Crippen molar-refractivity contribution in [3.8, 4) is 0 Å². The van der Waals surface area contributed by atoms with Gasteiger partial charge in [0.05, 0.1) is 34.9 Å². The first-order chi connectivity index (χ1) is 14.7. The van der Waals surface area contributed by atoms with Gasteiger partial charge in [0.25, 0.3) is 11.1 Å². The molecule has 0 fully saturated rings. The lowest BCUT2D eigenvalue weighted by molar-refractivity contribution is 0.764. The summed E-state index contributed by atoms with van der Waals surface area (Å²) in [6, 6.07) is 18.8. The fourth-order valence-electron chi connectivity index (χ4n) is 3.62. The molecule has 0 amide bonds. The van der Waals surface area contributed by atoms with Crippen LogP contribution in [-0.2, 0) is 13.1 Å². The molecule has 0 unspecified atom stereocenters. The van der Waals surface area contributed by atoms with Crippen molar-refractivity contribution in [2.24, 2.45) is 0 Å². The smallest absolute Gasteiger partial charge is 0.260 e. The van der Waals surface area contributed by atoms with Crippen molar-refractivity contribution in [2.45, 2.75) is 13.1 Å². The molecular formula is C24H18N4O2. The maximum Gasteiger partial charge on any atom is 0.260 e. The van der Waals surface area contributed by atoms with Crippen LogP contribution in [0.15, 0.2) is 95.0 Å². The molecule has 1 aromatic carbocycles. The minimum absolute atomic E-state index is 0.158. The third-order valence-electron chi connectivity index (χ3n) is 5.19. The average Bonchev–Trinajstić information content (AvgIpc) is 2.78. The highest BCUT2D eigenvalue weighted by molar-refractivity contribution is 5.91. The monoisotopic (exact) mass is 394 g/mol. The zero-order valence-electron chi connectivity index (χ0n) is 16.1. The zero-order chi connectivity index (χ0) is 20.5. The van der Waals surface area contributed by atoms with E-state index >= 15 is 0 Å². The average molecular weight is 394 g/mol. The van der Waals surface area contributed by atoms with E-state index in [-0.39, 0.29) is 11.1 Å². The number of pyridine rings is 4. The molecule has 6 heteroatoms. The van der Waals surface area contributed by atoms with E-state index in [9.17, 15) is 9.59 Å². The van der Waals surface area contributed by atoms with Gasteiger partial charge in [0.1, 0.15) is 0 Å². The fourth-order valence-corrected chi connectivity index (χ4v) is 3.62. The highest BCUT2D eigenvalue weighted by Crippen LogP contribution is 2.15. The maximum absolute atomic E-state index is 13.1. The molecule has 0 bridgehead atoms. The van der Waals surface area contributed by atoms with Crippen LogP contribution in [0.4, 0.5) is 0 Å². The van der Waals surface area contributed by atoms with Gasteiger partial charge in [-0.05, 0) is 41.5 Å². The number of hydrogen-bond acceptors (Lipinski definition) is 4. The van der Waals surface area contributed by atoms with Crippen molar-refractivity contribution in [3.63, 3.8) is 0 Å². The summed E-state index contributed by atoms with van der Waals surface area (Å²) in [5.41, 5.74) is 2.85. The van der Waals surface area contributed by atoms with Crippen LogP contribution in [0.25, 0.3) is 21.8 Å². The van der Waals surface area contributed by atoms with Crippen LogP contribution in [0.2, 0.25) is 0 Å². The molecule has 0 atom stereocenters. The Labute approximate surface area is 171 Å². The Balaban J connectivity index is 1.62. The Morgan fingerprint density at radius 2 is 1.20 bits per heavy atom. The van der Waals surface area contributed by atoms with Crippen LogP contribution in [0.3, 0.4) is 0 Å². The molecule has 0 saturated carbocycles. The quantitative estimate of drug-likeness (QED) is 0.439. The van der Waals surface area contributed by atoms with E-state index in [2.05, 4.69) is 9.97 Å². The van der Waals surface area contributed by atoms with E-state index in [4.69, 9.17) is 0 Å². The molecule has 5 rings (SSSR count). The van der Waals surface area contributed by atoms with Crippen LogP contribution in [0.1, 0.15) is 11.1 Å². The lowest BCUT2D eigenvalue weighted by Gasteiger charge is -2.10. The lowest BCUT2D eigenvalue weighted by atomic mass is 10.1. The molecular weight excluding hydrogens is 376 g/mol. The van der Waals surface area contributed by atoms with Crippen LogP contribution < -0.4 is 11.1 Å². The van der Waals surface area contributed by atoms with Gasteiger partial charge >= 0.3 is 0 Å². The molecule has 0 aliphatic carbocycles. The first-order valence-corrected chi connectivity index (χ1v) is 9.65. The van der Waals surface area contributed by atoms with Crippen LogP contribution in [0, 0.1) is 0 Å². The number of rotatable bonds is 4. The van der Waals surface area contributed by atoms with E-state index in [0.717, 1.165) is 11.1 Å². The van der Waals surface area contributed by atoms with Crippen molar-refractivity contribution in [2.75, 3.05) is 0 Å². The Bertz CT molecular complexity index is 1360. The second-order valence-electron chi connectivity index (χ2n) is 7.19. The van der Waals surface area contributed by atoms with Crippen LogP contribution >= 0.6 is 0 Å². The van der Waals surface area contributed by atoms with Crippen LogP contribution in [-0.4, -0.2) is 19.1 Å². The Morgan fingerprint density at radius 1 is 0.667 bits per heavy atom. The Morgan fingerprint density at radius 3 is 1.77 bits per heavy atom. The molecule has 0 spiro atoms. The van der Waals surface area contributed by atoms with Gasteiger partial charge in [-0.25, -0.2) is 4.98 Å². The molecule has 0 aliphatic heterocycles. The van der Waals surface area contributed by atoms with Crippen molar-refractivity contribution in [3.05, 3.63) is 117 Å². The molecule has 146 valence electrons. The largest absolute Gasteiger partial charge is 0.310 e. The normalized spacial score (nSPS) is 11.2. The molecule has 0 saturated heterocycles. The summed E-state index contributed by atoms with van der Waals surface area (Å²) in [4.78, 5) is 34.7. The highest BCUT2D eigenvalue weighted by atomic mass is 16.1. The molecule has 30 heavy (non-hydrogen) atoms. The van der Waals surface area contributed by atoms with Crippen molar-refractivity contribution in [1.82, 2.24) is 19.1 Å². The number of nitrogens with zero attached hydrogens (tertiary/aromatic N) is 4. The van der Waals surface area contributed by atoms with Crippen molar-refractivity contribution in [1.29, 1.82) is 0 Å². The van der Waals surface area contributed by atoms with Gasteiger partial charge in [-0.1, -0.05) is 30.3 Å². The Kier molecular flexibility index (Phi) is 4.44. The molecule has 0 radical (unpaired) electrons. The summed E-state index contributed by atoms with van der Waals surface area (Å²) >= 11 is 0. The van der Waals surface area contributed by atoms with Gasteiger partial charge in [-0.2, -0.15) is 0 Å². The van der Waals surface area contributed by atoms with E-state index in [1.807, 2.05) is 54.6 Å². The van der Waals surface area contributed by atoms with Gasteiger partial charge in [0, 0.05) is 24.8 Å². The summed E-state index contributed by atoms with van der Waals surface area (Å²) in [6.45, 7) is 0.900. The fraction of sp³-hybridized carbons (Fsp3) is 0.0833. The second-order valence-corrected chi connectivity index (χ2v) is 7.19.